The molecule has 2 fully saturated rings. The van der Waals surface area contributed by atoms with Crippen LogP contribution in [0.1, 0.15) is 44.1 Å². The molecule has 0 bridgehead atoms. The zero-order valence-electron chi connectivity index (χ0n) is 19.0. The average molecular weight is 471 g/mol. The number of sulfonamides is 1. The number of carbonyl (C=O) groups is 1. The third-order valence-electron chi connectivity index (χ3n) is 6.42. The van der Waals surface area contributed by atoms with Crippen molar-refractivity contribution in [3.05, 3.63) is 29.8 Å². The van der Waals surface area contributed by atoms with Crippen LogP contribution in [0.15, 0.2) is 24.3 Å². The molecule has 180 valence electrons. The number of nitrogens with zero attached hydrogens (tertiary/aromatic N) is 1. The summed E-state index contributed by atoms with van der Waals surface area (Å²) >= 11 is 0. The Morgan fingerprint density at radius 1 is 1.22 bits per heavy atom. The van der Waals surface area contributed by atoms with Crippen molar-refractivity contribution in [3.8, 4) is 5.75 Å². The second-order valence-electron chi connectivity index (χ2n) is 8.63. The number of hydrogen-bond donors (Lipinski definition) is 2. The van der Waals surface area contributed by atoms with Crippen LogP contribution in [-0.4, -0.2) is 76.3 Å². The molecule has 1 aliphatic heterocycles. The van der Waals surface area contributed by atoms with Gasteiger partial charge in [0.05, 0.1) is 44.8 Å². The van der Waals surface area contributed by atoms with Gasteiger partial charge in [0.1, 0.15) is 5.75 Å². The van der Waals surface area contributed by atoms with Crippen LogP contribution in [0.4, 0.5) is 4.79 Å². The average Bonchev–Trinajstić information content (AvgIpc) is 2.77. The van der Waals surface area contributed by atoms with E-state index in [0.717, 1.165) is 11.8 Å². The van der Waals surface area contributed by atoms with E-state index in [9.17, 15) is 18.3 Å². The SMILES string of the molecule is COC(=O)N1CCC[C@H](NS(C)(=O)=O)[C@@H]1COC1CCC(O)(c2ccccc2OC)CC1. The molecule has 10 heteroatoms. The molecule has 1 saturated heterocycles. The lowest BCUT2D eigenvalue weighted by molar-refractivity contribution is -0.0739. The molecule has 1 heterocycles. The molecule has 2 atom stereocenters. The number of carbonyl (C=O) groups excluding carboxylic acids is 1. The third-order valence-corrected chi connectivity index (χ3v) is 7.16. The van der Waals surface area contributed by atoms with E-state index >= 15 is 0 Å². The lowest BCUT2D eigenvalue weighted by atomic mass is 9.78. The summed E-state index contributed by atoms with van der Waals surface area (Å²) in [6.07, 6.45) is 4.15. The van der Waals surface area contributed by atoms with Gasteiger partial charge in [-0.3, -0.25) is 0 Å². The van der Waals surface area contributed by atoms with Gasteiger partial charge in [-0.2, -0.15) is 0 Å². The van der Waals surface area contributed by atoms with Crippen LogP contribution in [0.3, 0.4) is 0 Å². The Labute approximate surface area is 190 Å². The van der Waals surface area contributed by atoms with E-state index in [4.69, 9.17) is 14.2 Å². The number of rotatable bonds is 7. The lowest BCUT2D eigenvalue weighted by Crippen LogP contribution is -2.59. The first-order valence-electron chi connectivity index (χ1n) is 11.0. The number of ether oxygens (including phenoxy) is 3. The third kappa shape index (κ3) is 5.92. The van der Waals surface area contributed by atoms with Gasteiger partial charge in [0.15, 0.2) is 0 Å². The molecule has 1 saturated carbocycles. The van der Waals surface area contributed by atoms with Crippen LogP contribution >= 0.6 is 0 Å². The lowest BCUT2D eigenvalue weighted by Gasteiger charge is -2.42. The highest BCUT2D eigenvalue weighted by molar-refractivity contribution is 7.88. The fraction of sp³-hybridized carbons (Fsp3) is 0.682. The van der Waals surface area contributed by atoms with Crippen LogP contribution in [0.25, 0.3) is 0 Å². The number of para-hydroxylation sites is 1. The summed E-state index contributed by atoms with van der Waals surface area (Å²) in [5.41, 5.74) is -0.196. The number of amides is 1. The van der Waals surface area contributed by atoms with Gasteiger partial charge in [0.2, 0.25) is 10.0 Å². The summed E-state index contributed by atoms with van der Waals surface area (Å²) in [5.74, 6) is 0.667. The Morgan fingerprint density at radius 3 is 2.53 bits per heavy atom. The molecule has 0 unspecified atom stereocenters. The van der Waals surface area contributed by atoms with Crippen molar-refractivity contribution < 1.29 is 32.5 Å². The molecule has 2 N–H and O–H groups in total. The Kier molecular flexibility index (Phi) is 8.02. The number of piperidine rings is 1. The fourth-order valence-corrected chi connectivity index (χ4v) is 5.61. The summed E-state index contributed by atoms with van der Waals surface area (Å²) in [6, 6.07) is 6.59. The van der Waals surface area contributed by atoms with Crippen LogP contribution in [-0.2, 0) is 25.1 Å². The van der Waals surface area contributed by atoms with Crippen molar-refractivity contribution in [3.63, 3.8) is 0 Å². The predicted molar refractivity (Wildman–Crippen MR) is 119 cm³/mol. The maximum absolute atomic E-state index is 12.3. The molecular formula is C22H34N2O7S. The summed E-state index contributed by atoms with van der Waals surface area (Å²) in [5, 5.41) is 11.2. The molecule has 1 aromatic carbocycles. The largest absolute Gasteiger partial charge is 0.496 e. The number of nitrogens with one attached hydrogen (secondary N) is 1. The molecule has 0 radical (unpaired) electrons. The molecule has 1 aliphatic carbocycles. The highest BCUT2D eigenvalue weighted by Crippen LogP contribution is 2.41. The van der Waals surface area contributed by atoms with E-state index in [2.05, 4.69) is 4.72 Å². The van der Waals surface area contributed by atoms with Gasteiger partial charge in [-0.1, -0.05) is 18.2 Å². The molecule has 0 spiro atoms. The number of hydrogen-bond acceptors (Lipinski definition) is 7. The Bertz CT molecular complexity index is 884. The minimum Gasteiger partial charge on any atom is -0.496 e. The van der Waals surface area contributed by atoms with Crippen molar-refractivity contribution in [2.24, 2.45) is 0 Å². The van der Waals surface area contributed by atoms with Crippen LogP contribution < -0.4 is 9.46 Å². The van der Waals surface area contributed by atoms with Crippen molar-refractivity contribution in [1.82, 2.24) is 9.62 Å². The second kappa shape index (κ2) is 10.4. The van der Waals surface area contributed by atoms with Gasteiger partial charge in [-0.05, 0) is 44.6 Å². The molecule has 9 nitrogen and oxygen atoms in total. The number of methoxy groups -OCH3 is 2. The summed E-state index contributed by atoms with van der Waals surface area (Å²) < 4.78 is 42.8. The van der Waals surface area contributed by atoms with Crippen LogP contribution in [0.2, 0.25) is 0 Å². The molecule has 0 aromatic heterocycles. The molecule has 2 aliphatic rings. The van der Waals surface area contributed by atoms with Gasteiger partial charge in [-0.15, -0.1) is 0 Å². The minimum atomic E-state index is -3.44. The van der Waals surface area contributed by atoms with Gasteiger partial charge in [0.25, 0.3) is 0 Å². The Hall–Kier alpha value is -1.88. The van der Waals surface area contributed by atoms with Crippen molar-refractivity contribution in [1.29, 1.82) is 0 Å². The van der Waals surface area contributed by atoms with E-state index in [1.54, 1.807) is 12.0 Å². The zero-order chi connectivity index (χ0) is 23.4. The van der Waals surface area contributed by atoms with Crippen molar-refractivity contribution in [2.45, 2.75) is 62.3 Å². The molecular weight excluding hydrogens is 436 g/mol. The van der Waals surface area contributed by atoms with Gasteiger partial charge in [-0.25, -0.2) is 17.9 Å². The Morgan fingerprint density at radius 2 is 1.91 bits per heavy atom. The first kappa shape index (κ1) is 24.8. The zero-order valence-corrected chi connectivity index (χ0v) is 19.8. The highest BCUT2D eigenvalue weighted by atomic mass is 32.2. The van der Waals surface area contributed by atoms with Gasteiger partial charge >= 0.3 is 6.09 Å². The van der Waals surface area contributed by atoms with Gasteiger partial charge < -0.3 is 24.2 Å². The molecule has 1 aromatic rings. The quantitative estimate of drug-likeness (QED) is 0.626. The normalized spacial score (nSPS) is 28.9. The summed E-state index contributed by atoms with van der Waals surface area (Å²) in [4.78, 5) is 13.8. The standard InChI is InChI=1S/C22H34N2O7S/c1-29-20-9-5-4-7-17(20)22(26)12-10-16(11-13-22)31-15-19-18(23-32(3,27)28)8-6-14-24(19)21(25)30-2/h4-5,7,9,16,18-19,23,26H,6,8,10-15H2,1-3H3/t16?,18-,19-,22?/m0/s1. The molecule has 1 amide bonds. The smallest absolute Gasteiger partial charge is 0.409 e. The summed E-state index contributed by atoms with van der Waals surface area (Å²) in [6.45, 7) is 0.681. The fourth-order valence-electron chi connectivity index (χ4n) is 4.79. The first-order chi connectivity index (χ1) is 15.2. The predicted octanol–water partition coefficient (Wildman–Crippen LogP) is 1.99. The number of benzene rings is 1. The topological polar surface area (TPSA) is 114 Å². The maximum atomic E-state index is 12.3. The van der Waals surface area contributed by atoms with E-state index in [1.165, 1.54) is 7.11 Å². The van der Waals surface area contributed by atoms with E-state index in [-0.39, 0.29) is 12.7 Å². The maximum Gasteiger partial charge on any atom is 0.409 e. The minimum absolute atomic E-state index is 0.0923. The highest BCUT2D eigenvalue weighted by Gasteiger charge is 2.40. The Balaban J connectivity index is 1.64. The van der Waals surface area contributed by atoms with E-state index in [0.29, 0.717) is 50.8 Å². The first-order valence-corrected chi connectivity index (χ1v) is 12.9. The monoisotopic (exact) mass is 470 g/mol. The van der Waals surface area contributed by atoms with Crippen molar-refractivity contribution >= 4 is 16.1 Å². The van der Waals surface area contributed by atoms with E-state index in [1.807, 2.05) is 24.3 Å². The number of likely N-dealkylation sites (tertiary alicyclic amines) is 1. The summed E-state index contributed by atoms with van der Waals surface area (Å²) in [7, 11) is -0.532. The van der Waals surface area contributed by atoms with E-state index < -0.39 is 33.8 Å². The second-order valence-corrected chi connectivity index (χ2v) is 10.4. The molecule has 32 heavy (non-hydrogen) atoms. The van der Waals surface area contributed by atoms with Crippen LogP contribution in [0.5, 0.6) is 5.75 Å². The van der Waals surface area contributed by atoms with Gasteiger partial charge in [0, 0.05) is 18.2 Å². The van der Waals surface area contributed by atoms with Crippen LogP contribution in [0, 0.1) is 0 Å². The van der Waals surface area contributed by atoms with Crippen molar-refractivity contribution in [2.75, 3.05) is 33.6 Å². The molecule has 3 rings (SSSR count). The number of aliphatic hydroxyl groups is 1.